The predicted molar refractivity (Wildman–Crippen MR) is 95.4 cm³/mol. The van der Waals surface area contributed by atoms with Gasteiger partial charge in [0.05, 0.1) is 29.1 Å². The molecule has 0 spiro atoms. The number of nitrogens with zero attached hydrogens (tertiary/aromatic N) is 2. The van der Waals surface area contributed by atoms with E-state index in [0.717, 1.165) is 22.0 Å². The molecular weight excluding hydrogens is 342 g/mol. The van der Waals surface area contributed by atoms with E-state index in [9.17, 15) is 14.7 Å². The topological polar surface area (TPSA) is 86.3 Å². The molecule has 1 aromatic carbocycles. The molecule has 7 heteroatoms. The Morgan fingerprint density at radius 2 is 2.20 bits per heavy atom. The number of hydrogen-bond acceptors (Lipinski definition) is 3. The lowest BCUT2D eigenvalue weighted by atomic mass is 9.92. The zero-order valence-electron chi connectivity index (χ0n) is 14.6. The molecule has 0 bridgehead atoms. The van der Waals surface area contributed by atoms with Gasteiger partial charge in [-0.3, -0.25) is 14.7 Å². The second kappa shape index (κ2) is 6.33. The summed E-state index contributed by atoms with van der Waals surface area (Å²) >= 11 is 6.34. The Morgan fingerprint density at radius 3 is 2.84 bits per heavy atom. The maximum atomic E-state index is 13.0. The van der Waals surface area contributed by atoms with Crippen molar-refractivity contribution in [3.8, 4) is 0 Å². The van der Waals surface area contributed by atoms with E-state index in [0.29, 0.717) is 24.5 Å². The quantitative estimate of drug-likeness (QED) is 0.876. The molecule has 1 aliphatic rings. The van der Waals surface area contributed by atoms with Crippen LogP contribution in [-0.4, -0.2) is 38.6 Å². The van der Waals surface area contributed by atoms with E-state index in [2.05, 4.69) is 31.0 Å². The van der Waals surface area contributed by atoms with Gasteiger partial charge in [0.1, 0.15) is 0 Å². The third-order valence-corrected chi connectivity index (χ3v) is 4.75. The highest BCUT2D eigenvalue weighted by Gasteiger charge is 2.34. The number of amides is 1. The van der Waals surface area contributed by atoms with E-state index < -0.39 is 11.9 Å². The Hall–Kier alpha value is -2.08. The van der Waals surface area contributed by atoms with Crippen LogP contribution in [0.2, 0.25) is 5.02 Å². The normalized spacial score (nSPS) is 18.3. The summed E-state index contributed by atoms with van der Waals surface area (Å²) in [6.45, 7) is 7.19. The van der Waals surface area contributed by atoms with E-state index in [1.54, 1.807) is 11.1 Å². The highest BCUT2D eigenvalue weighted by molar-refractivity contribution is 6.35. The van der Waals surface area contributed by atoms with Gasteiger partial charge in [-0.25, -0.2) is 0 Å². The van der Waals surface area contributed by atoms with Crippen molar-refractivity contribution in [3.63, 3.8) is 0 Å². The van der Waals surface area contributed by atoms with E-state index >= 15 is 0 Å². The third-order valence-electron chi connectivity index (χ3n) is 4.45. The van der Waals surface area contributed by atoms with E-state index in [4.69, 9.17) is 11.6 Å². The Balaban J connectivity index is 2.11. The maximum absolute atomic E-state index is 13.0. The zero-order valence-corrected chi connectivity index (χ0v) is 15.4. The van der Waals surface area contributed by atoms with Gasteiger partial charge in [0.25, 0.3) is 0 Å². The molecule has 2 N–H and O–H groups in total. The third kappa shape index (κ3) is 3.63. The molecule has 134 valence electrons. The summed E-state index contributed by atoms with van der Waals surface area (Å²) in [4.78, 5) is 26.0. The Labute approximate surface area is 151 Å². The molecule has 3 rings (SSSR count). The summed E-state index contributed by atoms with van der Waals surface area (Å²) < 4.78 is 0. The van der Waals surface area contributed by atoms with Crippen LogP contribution < -0.4 is 0 Å². The molecule has 1 aliphatic heterocycles. The summed E-state index contributed by atoms with van der Waals surface area (Å²) in [6.07, 6.45) is 1.92. The highest BCUT2D eigenvalue weighted by atomic mass is 35.5. The second-order valence-electron chi connectivity index (χ2n) is 7.91. The number of carboxylic acids is 1. The monoisotopic (exact) mass is 363 g/mol. The van der Waals surface area contributed by atoms with Crippen LogP contribution >= 0.6 is 11.6 Å². The van der Waals surface area contributed by atoms with E-state index in [1.165, 1.54) is 0 Å². The first-order chi connectivity index (χ1) is 11.7. The molecule has 1 amide bonds. The minimum absolute atomic E-state index is 0.0874. The molecule has 0 radical (unpaired) electrons. The number of aromatic nitrogens is 2. The van der Waals surface area contributed by atoms with Crippen molar-refractivity contribution in [1.29, 1.82) is 0 Å². The number of hydrogen-bond donors (Lipinski definition) is 2. The average molecular weight is 364 g/mol. The molecule has 2 aromatic rings. The number of carboxylic acid groups (broad SMARTS) is 1. The lowest BCUT2D eigenvalue weighted by molar-refractivity contribution is -0.145. The SMILES string of the molecule is CC(C)(C)CN1Cc2c(cc(Cl)c3[nH]ncc23)C[C@@H](CC(=O)O)C1=O. The van der Waals surface area contributed by atoms with E-state index in [1.807, 2.05) is 6.07 Å². The van der Waals surface area contributed by atoms with Crippen molar-refractivity contribution in [1.82, 2.24) is 15.1 Å². The highest BCUT2D eigenvalue weighted by Crippen LogP contribution is 2.34. The van der Waals surface area contributed by atoms with E-state index in [-0.39, 0.29) is 17.7 Å². The molecule has 0 aliphatic carbocycles. The fourth-order valence-corrected chi connectivity index (χ4v) is 3.78. The number of carbonyl (C=O) groups excluding carboxylic acids is 1. The molecule has 1 atom stereocenters. The number of aliphatic carboxylic acids is 1. The van der Waals surface area contributed by atoms with Crippen molar-refractivity contribution >= 4 is 34.4 Å². The smallest absolute Gasteiger partial charge is 0.304 e. The summed E-state index contributed by atoms with van der Waals surface area (Å²) in [7, 11) is 0. The largest absolute Gasteiger partial charge is 0.481 e. The van der Waals surface area contributed by atoms with Crippen LogP contribution in [0, 0.1) is 11.3 Å². The van der Waals surface area contributed by atoms with Gasteiger partial charge in [0, 0.05) is 18.5 Å². The molecule has 0 fully saturated rings. The van der Waals surface area contributed by atoms with Crippen molar-refractivity contribution in [2.24, 2.45) is 11.3 Å². The van der Waals surface area contributed by atoms with Gasteiger partial charge in [-0.1, -0.05) is 32.4 Å². The summed E-state index contributed by atoms with van der Waals surface area (Å²) in [5.41, 5.74) is 2.59. The van der Waals surface area contributed by atoms with Gasteiger partial charge >= 0.3 is 5.97 Å². The Bertz CT molecular complexity index is 838. The Morgan fingerprint density at radius 1 is 1.48 bits per heavy atom. The summed E-state index contributed by atoms with van der Waals surface area (Å²) in [6, 6.07) is 1.83. The van der Waals surface area contributed by atoms with Crippen LogP contribution in [0.3, 0.4) is 0 Å². The molecule has 0 saturated carbocycles. The first-order valence-corrected chi connectivity index (χ1v) is 8.67. The second-order valence-corrected chi connectivity index (χ2v) is 8.32. The van der Waals surface area contributed by atoms with Crippen LogP contribution in [0.25, 0.3) is 10.9 Å². The van der Waals surface area contributed by atoms with Crippen molar-refractivity contribution < 1.29 is 14.7 Å². The number of halogens is 1. The maximum Gasteiger partial charge on any atom is 0.304 e. The lowest BCUT2D eigenvalue weighted by Gasteiger charge is -2.31. The number of nitrogens with one attached hydrogen (secondary N) is 1. The minimum Gasteiger partial charge on any atom is -0.481 e. The number of H-pyrrole nitrogens is 1. The van der Waals surface area contributed by atoms with Crippen LogP contribution in [0.1, 0.15) is 38.3 Å². The van der Waals surface area contributed by atoms with Gasteiger partial charge in [0.15, 0.2) is 0 Å². The van der Waals surface area contributed by atoms with Crippen LogP contribution in [-0.2, 0) is 22.6 Å². The van der Waals surface area contributed by atoms with Gasteiger partial charge in [-0.15, -0.1) is 0 Å². The van der Waals surface area contributed by atoms with Gasteiger partial charge in [-0.2, -0.15) is 5.10 Å². The van der Waals surface area contributed by atoms with Crippen molar-refractivity contribution in [3.05, 3.63) is 28.4 Å². The fourth-order valence-electron chi connectivity index (χ4n) is 3.51. The minimum atomic E-state index is -0.965. The molecule has 0 saturated heterocycles. The van der Waals surface area contributed by atoms with Gasteiger partial charge in [0.2, 0.25) is 5.91 Å². The molecule has 2 heterocycles. The first kappa shape index (κ1) is 17.7. The number of rotatable bonds is 3. The molecule has 0 unspecified atom stereocenters. The summed E-state index contributed by atoms with van der Waals surface area (Å²) in [5.74, 6) is -1.66. The van der Waals surface area contributed by atoms with Crippen LogP contribution in [0.4, 0.5) is 0 Å². The molecule has 6 nitrogen and oxygen atoms in total. The van der Waals surface area contributed by atoms with Crippen molar-refractivity contribution in [2.75, 3.05) is 6.54 Å². The molecule has 25 heavy (non-hydrogen) atoms. The fraction of sp³-hybridized carbons (Fsp3) is 0.500. The standard InChI is InChI=1S/C18H22ClN3O3/c1-18(2,3)9-22-8-13-10(4-11(17(22)25)6-15(23)24)5-14(19)16-12(13)7-20-21-16/h5,7,11H,4,6,8-9H2,1-3H3,(H,20,21)(H,23,24)/t11-/m0/s1. The molecular formula is C18H22ClN3O3. The van der Waals surface area contributed by atoms with Gasteiger partial charge < -0.3 is 10.0 Å². The lowest BCUT2D eigenvalue weighted by Crippen LogP contribution is -2.40. The molecule has 1 aromatic heterocycles. The van der Waals surface area contributed by atoms with Crippen LogP contribution in [0.5, 0.6) is 0 Å². The number of aromatic amines is 1. The Kier molecular flexibility index (Phi) is 4.49. The van der Waals surface area contributed by atoms with Crippen molar-refractivity contribution in [2.45, 2.75) is 40.2 Å². The predicted octanol–water partition coefficient (Wildman–Crippen LogP) is 3.24. The summed E-state index contributed by atoms with van der Waals surface area (Å²) in [5, 5.41) is 17.6. The number of carbonyl (C=O) groups is 2. The first-order valence-electron chi connectivity index (χ1n) is 8.29. The number of benzene rings is 1. The van der Waals surface area contributed by atoms with Gasteiger partial charge in [-0.05, 0) is 29.0 Å². The average Bonchev–Trinajstić information content (AvgIpc) is 2.93. The van der Waals surface area contributed by atoms with Crippen LogP contribution in [0.15, 0.2) is 12.3 Å². The zero-order chi connectivity index (χ0) is 18.4. The number of fused-ring (bicyclic) bond motifs is 3.